The molecule has 2 aliphatic rings. The monoisotopic (exact) mass is 307 g/mol. The van der Waals surface area contributed by atoms with Crippen LogP contribution in [0.5, 0.6) is 0 Å². The maximum atomic E-state index is 12.2. The quantitative estimate of drug-likeness (QED) is 0.796. The molecule has 2 fully saturated rings. The Kier molecular flexibility index (Phi) is 4.46. The van der Waals surface area contributed by atoms with E-state index in [0.717, 1.165) is 32.4 Å². The number of alkyl halides is 3. The van der Waals surface area contributed by atoms with Crippen molar-refractivity contribution in [3.8, 4) is 0 Å². The molecular formula is C13H20F3N3O2. The lowest BCUT2D eigenvalue weighted by atomic mass is 9.91. The molecule has 1 aliphatic carbocycles. The highest BCUT2D eigenvalue weighted by Gasteiger charge is 2.58. The Hall–Kier alpha value is -1.31. The molecule has 0 bridgehead atoms. The third-order valence-corrected chi connectivity index (χ3v) is 4.33. The van der Waals surface area contributed by atoms with E-state index in [1.165, 1.54) is 11.9 Å². The van der Waals surface area contributed by atoms with Gasteiger partial charge in [-0.2, -0.15) is 13.2 Å². The summed E-state index contributed by atoms with van der Waals surface area (Å²) >= 11 is 0. The standard InChI is InChI=1S/C13H20F3N3O2/c1-19(7-10(20)18-8-13(14,15)16)11(21)9-6-12(9)2-4-17-5-3-12/h9,17H,2-8H2,1H3,(H,18,20). The highest BCUT2D eigenvalue weighted by molar-refractivity contribution is 5.87. The van der Waals surface area contributed by atoms with Gasteiger partial charge in [0.2, 0.25) is 11.8 Å². The fourth-order valence-electron chi connectivity index (χ4n) is 2.99. The number of hydrogen-bond acceptors (Lipinski definition) is 3. The van der Waals surface area contributed by atoms with E-state index in [2.05, 4.69) is 5.32 Å². The molecule has 5 nitrogen and oxygen atoms in total. The Morgan fingerprint density at radius 3 is 2.52 bits per heavy atom. The number of carbonyl (C=O) groups excluding carboxylic acids is 2. The van der Waals surface area contributed by atoms with Crippen LogP contribution in [0.2, 0.25) is 0 Å². The van der Waals surface area contributed by atoms with Gasteiger partial charge in [0.25, 0.3) is 0 Å². The number of likely N-dealkylation sites (N-methyl/N-ethyl adjacent to an activating group) is 1. The largest absolute Gasteiger partial charge is 0.405 e. The van der Waals surface area contributed by atoms with Crippen molar-refractivity contribution in [1.29, 1.82) is 0 Å². The molecule has 120 valence electrons. The summed E-state index contributed by atoms with van der Waals surface area (Å²) in [5.74, 6) is -1.01. The Bertz CT molecular complexity index is 419. The van der Waals surface area contributed by atoms with Crippen molar-refractivity contribution in [3.05, 3.63) is 0 Å². The van der Waals surface area contributed by atoms with E-state index in [1.807, 2.05) is 0 Å². The molecule has 0 aromatic carbocycles. The van der Waals surface area contributed by atoms with Gasteiger partial charge in [-0.15, -0.1) is 0 Å². The second-order valence-electron chi connectivity index (χ2n) is 5.96. The zero-order valence-corrected chi connectivity index (χ0v) is 11.9. The summed E-state index contributed by atoms with van der Waals surface area (Å²) in [5.41, 5.74) is 0.0546. The first kappa shape index (κ1) is 16.1. The molecule has 8 heteroatoms. The maximum absolute atomic E-state index is 12.2. The number of piperidine rings is 1. The SMILES string of the molecule is CN(CC(=O)NCC(F)(F)F)C(=O)C1CC12CCNCC2. The Balaban J connectivity index is 1.77. The zero-order valence-electron chi connectivity index (χ0n) is 11.9. The molecule has 1 saturated carbocycles. The van der Waals surface area contributed by atoms with Crippen molar-refractivity contribution in [2.75, 3.05) is 33.2 Å². The van der Waals surface area contributed by atoms with Gasteiger partial charge in [-0.05, 0) is 37.8 Å². The number of halogens is 3. The number of nitrogens with zero attached hydrogens (tertiary/aromatic N) is 1. The fraction of sp³-hybridized carbons (Fsp3) is 0.846. The first-order valence-corrected chi connectivity index (χ1v) is 7.03. The summed E-state index contributed by atoms with van der Waals surface area (Å²) in [7, 11) is 1.46. The van der Waals surface area contributed by atoms with Crippen LogP contribution in [0.1, 0.15) is 19.3 Å². The number of carbonyl (C=O) groups is 2. The molecule has 1 atom stereocenters. The van der Waals surface area contributed by atoms with Crippen LogP contribution in [0.4, 0.5) is 13.2 Å². The summed E-state index contributed by atoms with van der Waals surface area (Å²) in [6, 6.07) is 0. The minimum absolute atomic E-state index is 0.0546. The van der Waals surface area contributed by atoms with Crippen molar-refractivity contribution in [3.63, 3.8) is 0 Å². The van der Waals surface area contributed by atoms with E-state index >= 15 is 0 Å². The number of nitrogens with one attached hydrogen (secondary N) is 2. The van der Waals surface area contributed by atoms with E-state index in [4.69, 9.17) is 0 Å². The molecule has 1 heterocycles. The predicted octanol–water partition coefficient (Wildman–Crippen LogP) is 0.513. The Morgan fingerprint density at radius 1 is 1.33 bits per heavy atom. The summed E-state index contributed by atoms with van der Waals surface area (Å²) in [6.07, 6.45) is -1.73. The maximum Gasteiger partial charge on any atom is 0.405 e. The Labute approximate surface area is 121 Å². The van der Waals surface area contributed by atoms with Crippen molar-refractivity contribution < 1.29 is 22.8 Å². The van der Waals surface area contributed by atoms with Gasteiger partial charge in [0.1, 0.15) is 6.54 Å². The van der Waals surface area contributed by atoms with Crippen molar-refractivity contribution in [2.24, 2.45) is 11.3 Å². The molecule has 21 heavy (non-hydrogen) atoms. The third kappa shape index (κ3) is 4.09. The lowest BCUT2D eigenvalue weighted by molar-refractivity contribution is -0.142. The van der Waals surface area contributed by atoms with Gasteiger partial charge in [-0.25, -0.2) is 0 Å². The van der Waals surface area contributed by atoms with Crippen LogP contribution >= 0.6 is 0 Å². The average molecular weight is 307 g/mol. The summed E-state index contributed by atoms with van der Waals surface area (Å²) in [6.45, 7) is 0.0752. The van der Waals surface area contributed by atoms with Gasteiger partial charge in [0, 0.05) is 13.0 Å². The van der Waals surface area contributed by atoms with Gasteiger partial charge in [-0.1, -0.05) is 0 Å². The van der Waals surface area contributed by atoms with Crippen LogP contribution in [0.3, 0.4) is 0 Å². The van der Waals surface area contributed by atoms with Gasteiger partial charge >= 0.3 is 6.18 Å². The van der Waals surface area contributed by atoms with E-state index in [1.54, 1.807) is 5.32 Å². The average Bonchev–Trinajstić information content (AvgIpc) is 3.09. The molecule has 2 N–H and O–H groups in total. The molecule has 0 radical (unpaired) electrons. The van der Waals surface area contributed by atoms with E-state index in [0.29, 0.717) is 0 Å². The van der Waals surface area contributed by atoms with Crippen molar-refractivity contribution in [1.82, 2.24) is 15.5 Å². The molecule has 1 aliphatic heterocycles. The van der Waals surface area contributed by atoms with Gasteiger partial charge < -0.3 is 15.5 Å². The summed E-state index contributed by atoms with van der Waals surface area (Å²) in [4.78, 5) is 24.8. The third-order valence-electron chi connectivity index (χ3n) is 4.33. The molecule has 2 rings (SSSR count). The summed E-state index contributed by atoms with van der Waals surface area (Å²) < 4.78 is 36.0. The lowest BCUT2D eigenvalue weighted by Gasteiger charge is -2.25. The molecule has 2 amide bonds. The minimum atomic E-state index is -4.44. The van der Waals surface area contributed by atoms with Crippen LogP contribution in [0, 0.1) is 11.3 Å². The number of rotatable bonds is 4. The molecule has 1 unspecified atom stereocenters. The van der Waals surface area contributed by atoms with Crippen LogP contribution in [-0.4, -0.2) is 56.1 Å². The van der Waals surface area contributed by atoms with E-state index < -0.39 is 18.6 Å². The molecule has 1 saturated heterocycles. The van der Waals surface area contributed by atoms with Gasteiger partial charge in [0.15, 0.2) is 0 Å². The van der Waals surface area contributed by atoms with E-state index in [9.17, 15) is 22.8 Å². The van der Waals surface area contributed by atoms with E-state index in [-0.39, 0.29) is 23.8 Å². The fourth-order valence-corrected chi connectivity index (χ4v) is 2.99. The number of hydrogen-bond donors (Lipinski definition) is 2. The predicted molar refractivity (Wildman–Crippen MR) is 69.3 cm³/mol. The second-order valence-corrected chi connectivity index (χ2v) is 5.96. The lowest BCUT2D eigenvalue weighted by Crippen LogP contribution is -2.43. The molecule has 0 aromatic heterocycles. The topological polar surface area (TPSA) is 61.4 Å². The van der Waals surface area contributed by atoms with Gasteiger partial charge in [-0.3, -0.25) is 9.59 Å². The van der Waals surface area contributed by atoms with Gasteiger partial charge in [0.05, 0.1) is 6.54 Å². The summed E-state index contributed by atoms with van der Waals surface area (Å²) in [5, 5.41) is 5.01. The minimum Gasteiger partial charge on any atom is -0.345 e. The molecule has 0 aromatic rings. The highest BCUT2D eigenvalue weighted by atomic mass is 19.4. The van der Waals surface area contributed by atoms with Crippen LogP contribution in [-0.2, 0) is 9.59 Å². The molecule has 1 spiro atoms. The highest BCUT2D eigenvalue weighted by Crippen LogP contribution is 2.59. The Morgan fingerprint density at radius 2 is 1.95 bits per heavy atom. The van der Waals surface area contributed by atoms with Crippen LogP contribution in [0.15, 0.2) is 0 Å². The second kappa shape index (κ2) is 5.82. The van der Waals surface area contributed by atoms with Crippen molar-refractivity contribution in [2.45, 2.75) is 25.4 Å². The normalized spacial score (nSPS) is 23.7. The molecular weight excluding hydrogens is 287 g/mol. The van der Waals surface area contributed by atoms with Crippen LogP contribution in [0.25, 0.3) is 0 Å². The van der Waals surface area contributed by atoms with Crippen LogP contribution < -0.4 is 10.6 Å². The smallest absolute Gasteiger partial charge is 0.345 e. The number of amides is 2. The first-order chi connectivity index (χ1) is 9.73. The zero-order chi connectivity index (χ0) is 15.7. The first-order valence-electron chi connectivity index (χ1n) is 7.03. The van der Waals surface area contributed by atoms with Crippen molar-refractivity contribution >= 4 is 11.8 Å².